The Kier molecular flexibility index (Phi) is 4.64. The van der Waals surface area contributed by atoms with E-state index in [-0.39, 0.29) is 5.78 Å². The Morgan fingerprint density at radius 2 is 2.21 bits per heavy atom. The van der Waals surface area contributed by atoms with Crippen molar-refractivity contribution in [1.29, 1.82) is 0 Å². The molecule has 0 bridgehead atoms. The van der Waals surface area contributed by atoms with E-state index in [4.69, 9.17) is 16.3 Å². The molecule has 0 aromatic heterocycles. The SMILES string of the molecule is COC1(C(=O)Cc2ccccc2Cl)CCCC(C)C1. The first kappa shape index (κ1) is 14.5. The normalized spacial score (nSPS) is 27.2. The first-order valence-corrected chi connectivity index (χ1v) is 7.27. The number of halogens is 1. The van der Waals surface area contributed by atoms with Crippen LogP contribution in [0.15, 0.2) is 24.3 Å². The fraction of sp³-hybridized carbons (Fsp3) is 0.562. The summed E-state index contributed by atoms with van der Waals surface area (Å²) in [6.07, 6.45) is 4.26. The number of hydrogen-bond acceptors (Lipinski definition) is 2. The van der Waals surface area contributed by atoms with Gasteiger partial charge >= 0.3 is 0 Å². The number of carbonyl (C=O) groups excluding carboxylic acids is 1. The minimum atomic E-state index is -0.600. The molecule has 2 unspecified atom stereocenters. The van der Waals surface area contributed by atoms with Gasteiger partial charge in [0.15, 0.2) is 5.78 Å². The second kappa shape index (κ2) is 6.06. The van der Waals surface area contributed by atoms with Gasteiger partial charge < -0.3 is 4.74 Å². The van der Waals surface area contributed by atoms with Gasteiger partial charge in [0.2, 0.25) is 0 Å². The van der Waals surface area contributed by atoms with E-state index >= 15 is 0 Å². The summed E-state index contributed by atoms with van der Waals surface area (Å²) in [6.45, 7) is 2.19. The lowest BCUT2D eigenvalue weighted by molar-refractivity contribution is -0.146. The van der Waals surface area contributed by atoms with Crippen LogP contribution in [0.5, 0.6) is 0 Å². The average Bonchev–Trinajstić information content (AvgIpc) is 2.41. The van der Waals surface area contributed by atoms with E-state index < -0.39 is 5.60 Å². The minimum Gasteiger partial charge on any atom is -0.370 e. The number of hydrogen-bond donors (Lipinski definition) is 0. The van der Waals surface area contributed by atoms with Crippen molar-refractivity contribution in [3.63, 3.8) is 0 Å². The molecule has 0 radical (unpaired) electrons. The molecule has 1 saturated carbocycles. The second-order valence-electron chi connectivity index (χ2n) is 5.59. The summed E-state index contributed by atoms with van der Waals surface area (Å²) in [7, 11) is 1.66. The molecule has 104 valence electrons. The van der Waals surface area contributed by atoms with Crippen LogP contribution in [-0.2, 0) is 16.0 Å². The number of rotatable bonds is 4. The molecule has 0 amide bonds. The Hall–Kier alpha value is -0.860. The third-order valence-corrected chi connectivity index (χ3v) is 4.53. The van der Waals surface area contributed by atoms with Crippen LogP contribution in [0.1, 0.15) is 38.2 Å². The van der Waals surface area contributed by atoms with E-state index in [1.165, 1.54) is 6.42 Å². The average molecular weight is 281 g/mol. The highest BCUT2D eigenvalue weighted by Gasteiger charge is 2.41. The highest BCUT2D eigenvalue weighted by Crippen LogP contribution is 2.36. The summed E-state index contributed by atoms with van der Waals surface area (Å²) >= 11 is 6.13. The van der Waals surface area contributed by atoms with Gasteiger partial charge in [-0.05, 0) is 36.8 Å². The van der Waals surface area contributed by atoms with E-state index in [9.17, 15) is 4.79 Å². The molecule has 0 saturated heterocycles. The molecule has 2 atom stereocenters. The largest absolute Gasteiger partial charge is 0.370 e. The summed E-state index contributed by atoms with van der Waals surface area (Å²) in [6, 6.07) is 7.53. The Bertz CT molecular complexity index is 458. The van der Waals surface area contributed by atoms with Gasteiger partial charge in [0.1, 0.15) is 5.60 Å². The van der Waals surface area contributed by atoms with Crippen LogP contribution >= 0.6 is 11.6 Å². The van der Waals surface area contributed by atoms with Gasteiger partial charge in [-0.3, -0.25) is 4.79 Å². The van der Waals surface area contributed by atoms with Crippen LogP contribution < -0.4 is 0 Å². The van der Waals surface area contributed by atoms with Gasteiger partial charge in [-0.25, -0.2) is 0 Å². The number of carbonyl (C=O) groups is 1. The van der Waals surface area contributed by atoms with E-state index in [2.05, 4.69) is 6.92 Å². The van der Waals surface area contributed by atoms with Crippen LogP contribution in [0.3, 0.4) is 0 Å². The molecule has 0 heterocycles. The predicted molar refractivity (Wildman–Crippen MR) is 77.5 cm³/mol. The first-order valence-electron chi connectivity index (χ1n) is 6.89. The molecule has 19 heavy (non-hydrogen) atoms. The third kappa shape index (κ3) is 3.18. The highest BCUT2D eigenvalue weighted by atomic mass is 35.5. The zero-order chi connectivity index (χ0) is 13.9. The van der Waals surface area contributed by atoms with Gasteiger partial charge in [-0.1, -0.05) is 43.1 Å². The molecule has 1 fully saturated rings. The maximum atomic E-state index is 12.6. The van der Waals surface area contributed by atoms with Gasteiger partial charge in [-0.15, -0.1) is 0 Å². The van der Waals surface area contributed by atoms with Gasteiger partial charge in [0.25, 0.3) is 0 Å². The first-order chi connectivity index (χ1) is 9.07. The van der Waals surface area contributed by atoms with E-state index in [1.807, 2.05) is 24.3 Å². The molecule has 1 aromatic rings. The standard InChI is InChI=1S/C16H21ClO2/c1-12-6-5-9-16(11-12,19-2)15(18)10-13-7-3-4-8-14(13)17/h3-4,7-8,12H,5-6,9-11H2,1-2H3. The van der Waals surface area contributed by atoms with Crippen molar-refractivity contribution in [3.8, 4) is 0 Å². The lowest BCUT2D eigenvalue weighted by atomic mass is 9.75. The van der Waals surface area contributed by atoms with E-state index in [1.54, 1.807) is 7.11 Å². The fourth-order valence-corrected chi connectivity index (χ4v) is 3.23. The zero-order valence-corrected chi connectivity index (χ0v) is 12.4. The monoisotopic (exact) mass is 280 g/mol. The molecule has 2 rings (SSSR count). The van der Waals surface area contributed by atoms with Crippen LogP contribution in [0, 0.1) is 5.92 Å². The van der Waals surface area contributed by atoms with Crippen molar-refractivity contribution in [2.45, 2.75) is 44.6 Å². The van der Waals surface area contributed by atoms with Crippen molar-refractivity contribution in [1.82, 2.24) is 0 Å². The summed E-state index contributed by atoms with van der Waals surface area (Å²) < 4.78 is 5.63. The predicted octanol–water partition coefficient (Wildman–Crippen LogP) is 4.05. The maximum absolute atomic E-state index is 12.6. The Morgan fingerprint density at radius 3 is 2.84 bits per heavy atom. The van der Waals surface area contributed by atoms with Crippen molar-refractivity contribution in [2.75, 3.05) is 7.11 Å². The van der Waals surface area contributed by atoms with Crippen molar-refractivity contribution < 1.29 is 9.53 Å². The van der Waals surface area contributed by atoms with Gasteiger partial charge in [-0.2, -0.15) is 0 Å². The highest BCUT2D eigenvalue weighted by molar-refractivity contribution is 6.31. The number of Topliss-reactive ketones (excluding diaryl/α,β-unsaturated/α-hetero) is 1. The number of methoxy groups -OCH3 is 1. The Balaban J connectivity index is 2.15. The zero-order valence-electron chi connectivity index (χ0n) is 11.6. The molecule has 0 spiro atoms. The quantitative estimate of drug-likeness (QED) is 0.832. The lowest BCUT2D eigenvalue weighted by Gasteiger charge is -2.37. The van der Waals surface area contributed by atoms with Crippen LogP contribution in [0.25, 0.3) is 0 Å². The van der Waals surface area contributed by atoms with E-state index in [0.29, 0.717) is 17.4 Å². The topological polar surface area (TPSA) is 26.3 Å². The molecule has 0 N–H and O–H groups in total. The second-order valence-corrected chi connectivity index (χ2v) is 6.00. The molecule has 1 aromatic carbocycles. The molecule has 1 aliphatic carbocycles. The van der Waals surface area contributed by atoms with Crippen molar-refractivity contribution in [3.05, 3.63) is 34.9 Å². The molecular formula is C16H21ClO2. The maximum Gasteiger partial charge on any atom is 0.169 e. The van der Waals surface area contributed by atoms with Crippen molar-refractivity contribution in [2.24, 2.45) is 5.92 Å². The van der Waals surface area contributed by atoms with Crippen LogP contribution in [0.4, 0.5) is 0 Å². The molecule has 2 nitrogen and oxygen atoms in total. The molecule has 0 aliphatic heterocycles. The van der Waals surface area contributed by atoms with Gasteiger partial charge in [0, 0.05) is 18.6 Å². The Morgan fingerprint density at radius 1 is 1.47 bits per heavy atom. The number of benzene rings is 1. The Labute approximate surface area is 120 Å². The summed E-state index contributed by atoms with van der Waals surface area (Å²) in [5, 5.41) is 0.658. The van der Waals surface area contributed by atoms with E-state index in [0.717, 1.165) is 24.8 Å². The minimum absolute atomic E-state index is 0.162. The summed E-state index contributed by atoms with van der Waals surface area (Å²) in [5.41, 5.74) is 0.292. The lowest BCUT2D eigenvalue weighted by Crippen LogP contribution is -2.45. The third-order valence-electron chi connectivity index (χ3n) is 4.16. The van der Waals surface area contributed by atoms with Crippen LogP contribution in [0.2, 0.25) is 5.02 Å². The number of ketones is 1. The molecule has 1 aliphatic rings. The number of ether oxygens (including phenoxy) is 1. The van der Waals surface area contributed by atoms with Crippen LogP contribution in [-0.4, -0.2) is 18.5 Å². The van der Waals surface area contributed by atoms with Gasteiger partial charge in [0.05, 0.1) is 0 Å². The molecular weight excluding hydrogens is 260 g/mol. The summed E-state index contributed by atoms with van der Waals surface area (Å²) in [4.78, 5) is 12.6. The molecule has 3 heteroatoms. The summed E-state index contributed by atoms with van der Waals surface area (Å²) in [5.74, 6) is 0.707. The smallest absolute Gasteiger partial charge is 0.169 e. The fourth-order valence-electron chi connectivity index (χ4n) is 3.03. The van der Waals surface area contributed by atoms with Crippen molar-refractivity contribution >= 4 is 17.4 Å².